The zero-order valence-corrected chi connectivity index (χ0v) is 13.1. The molecule has 1 aliphatic rings. The fourth-order valence-electron chi connectivity index (χ4n) is 2.24. The van der Waals surface area contributed by atoms with Gasteiger partial charge in [-0.2, -0.15) is 4.31 Å². The summed E-state index contributed by atoms with van der Waals surface area (Å²) in [6, 6.07) is 7.20. The highest BCUT2D eigenvalue weighted by molar-refractivity contribution is 7.88. The van der Waals surface area contributed by atoms with Crippen molar-refractivity contribution in [3.63, 3.8) is 0 Å². The minimum absolute atomic E-state index is 0.0763. The highest BCUT2D eigenvalue weighted by Crippen LogP contribution is 2.16. The topological polar surface area (TPSA) is 75.7 Å². The van der Waals surface area contributed by atoms with Crippen molar-refractivity contribution >= 4 is 15.9 Å². The maximum absolute atomic E-state index is 12.5. The van der Waals surface area contributed by atoms with Crippen LogP contribution in [-0.2, 0) is 31.9 Å². The van der Waals surface area contributed by atoms with Gasteiger partial charge in [-0.05, 0) is 17.2 Å². The number of sulfonamides is 1. The van der Waals surface area contributed by atoms with Gasteiger partial charge in [0.1, 0.15) is 0 Å². The lowest BCUT2D eigenvalue weighted by Crippen LogP contribution is -2.41. The van der Waals surface area contributed by atoms with Crippen molar-refractivity contribution in [2.24, 2.45) is 0 Å². The monoisotopic (exact) mass is 324 g/mol. The molecule has 6 nitrogen and oxygen atoms in total. The molecule has 0 atom stereocenters. The Morgan fingerprint density at radius 1 is 1.27 bits per heavy atom. The van der Waals surface area contributed by atoms with Crippen molar-refractivity contribution in [3.8, 4) is 0 Å². The van der Waals surface area contributed by atoms with E-state index in [1.807, 2.05) is 12.1 Å². The van der Waals surface area contributed by atoms with E-state index in [0.29, 0.717) is 31.9 Å². The number of ether oxygens (including phenoxy) is 1. The van der Waals surface area contributed by atoms with Gasteiger partial charge in [-0.15, -0.1) is 0 Å². The molecular weight excluding hydrogens is 304 g/mol. The zero-order valence-electron chi connectivity index (χ0n) is 12.3. The Labute approximate surface area is 130 Å². The molecule has 0 unspecified atom stereocenters. The van der Waals surface area contributed by atoms with Gasteiger partial charge in [0.05, 0.1) is 19.0 Å². The Morgan fingerprint density at radius 2 is 1.91 bits per heavy atom. The first-order valence-corrected chi connectivity index (χ1v) is 8.66. The minimum Gasteiger partial charge on any atom is -0.379 e. The molecule has 1 N–H and O–H groups in total. The molecule has 1 aliphatic heterocycles. The lowest BCUT2D eigenvalue weighted by atomic mass is 10.1. The Kier molecular flexibility index (Phi) is 5.70. The Balaban J connectivity index is 2.11. The van der Waals surface area contributed by atoms with E-state index in [-0.39, 0.29) is 18.2 Å². The molecule has 1 heterocycles. The van der Waals surface area contributed by atoms with Crippen LogP contribution in [0, 0.1) is 0 Å². The van der Waals surface area contributed by atoms with Gasteiger partial charge in [-0.1, -0.05) is 30.8 Å². The van der Waals surface area contributed by atoms with Gasteiger partial charge in [0.2, 0.25) is 15.9 Å². The molecule has 0 spiro atoms. The predicted octanol–water partition coefficient (Wildman–Crippen LogP) is 0.651. The third kappa shape index (κ3) is 4.40. The number of amides is 1. The van der Waals surface area contributed by atoms with E-state index in [1.165, 1.54) is 10.4 Å². The fraction of sp³-hybridized carbons (Fsp3) is 0.400. The van der Waals surface area contributed by atoms with Crippen molar-refractivity contribution in [3.05, 3.63) is 48.0 Å². The molecular formula is C15H20N2O4S. The quantitative estimate of drug-likeness (QED) is 0.780. The number of hydrogen-bond acceptors (Lipinski definition) is 4. The molecule has 0 bridgehead atoms. The second kappa shape index (κ2) is 7.53. The highest BCUT2D eigenvalue weighted by Gasteiger charge is 2.25. The summed E-state index contributed by atoms with van der Waals surface area (Å²) >= 11 is 0. The molecule has 1 aromatic carbocycles. The van der Waals surface area contributed by atoms with Crippen molar-refractivity contribution < 1.29 is 17.9 Å². The summed E-state index contributed by atoms with van der Waals surface area (Å²) < 4.78 is 31.6. The van der Waals surface area contributed by atoms with Crippen LogP contribution in [0.1, 0.15) is 11.1 Å². The third-order valence-corrected chi connectivity index (χ3v) is 5.29. The van der Waals surface area contributed by atoms with Crippen LogP contribution >= 0.6 is 0 Å². The van der Waals surface area contributed by atoms with E-state index < -0.39 is 10.0 Å². The molecule has 22 heavy (non-hydrogen) atoms. The molecule has 1 saturated heterocycles. The third-order valence-electron chi connectivity index (χ3n) is 3.46. The van der Waals surface area contributed by atoms with Crippen molar-refractivity contribution in [1.82, 2.24) is 9.62 Å². The summed E-state index contributed by atoms with van der Waals surface area (Å²) in [5.41, 5.74) is 1.48. The predicted molar refractivity (Wildman–Crippen MR) is 83.5 cm³/mol. The Morgan fingerprint density at radius 3 is 2.55 bits per heavy atom. The molecule has 2 rings (SSSR count). The number of nitrogens with one attached hydrogen (secondary N) is 1. The van der Waals surface area contributed by atoms with Crippen LogP contribution in [0.15, 0.2) is 36.9 Å². The average Bonchev–Trinajstić information content (AvgIpc) is 2.54. The van der Waals surface area contributed by atoms with Crippen LogP contribution < -0.4 is 5.32 Å². The van der Waals surface area contributed by atoms with Gasteiger partial charge in [-0.3, -0.25) is 4.79 Å². The van der Waals surface area contributed by atoms with Gasteiger partial charge in [0, 0.05) is 19.6 Å². The molecule has 0 aliphatic carbocycles. The normalized spacial score (nSPS) is 16.2. The first-order valence-electron chi connectivity index (χ1n) is 7.05. The van der Waals surface area contributed by atoms with Crippen LogP contribution in [0.25, 0.3) is 0 Å². The van der Waals surface area contributed by atoms with E-state index in [2.05, 4.69) is 11.9 Å². The van der Waals surface area contributed by atoms with Gasteiger partial charge >= 0.3 is 0 Å². The molecule has 0 radical (unpaired) electrons. The van der Waals surface area contributed by atoms with E-state index in [1.54, 1.807) is 12.1 Å². The molecule has 1 amide bonds. The SMILES string of the molecule is C=CC(=O)NCc1ccccc1CS(=O)(=O)N1CCOCC1. The first kappa shape index (κ1) is 16.7. The maximum Gasteiger partial charge on any atom is 0.243 e. The van der Waals surface area contributed by atoms with Crippen LogP contribution in [0.3, 0.4) is 0 Å². The second-order valence-electron chi connectivity index (χ2n) is 4.96. The highest BCUT2D eigenvalue weighted by atomic mass is 32.2. The first-order chi connectivity index (χ1) is 10.5. The van der Waals surface area contributed by atoms with Crippen LogP contribution in [0.5, 0.6) is 0 Å². The van der Waals surface area contributed by atoms with Crippen LogP contribution in [0.4, 0.5) is 0 Å². The maximum atomic E-state index is 12.5. The van der Waals surface area contributed by atoms with E-state index in [9.17, 15) is 13.2 Å². The zero-order chi connectivity index (χ0) is 16.0. The van der Waals surface area contributed by atoms with E-state index in [4.69, 9.17) is 4.74 Å². The summed E-state index contributed by atoms with van der Waals surface area (Å²) in [6.07, 6.45) is 1.19. The number of benzene rings is 1. The number of nitrogens with zero attached hydrogens (tertiary/aromatic N) is 1. The fourth-order valence-corrected chi connectivity index (χ4v) is 3.80. The summed E-state index contributed by atoms with van der Waals surface area (Å²) in [5.74, 6) is -0.363. The van der Waals surface area contributed by atoms with E-state index >= 15 is 0 Å². The molecule has 1 fully saturated rings. The molecule has 120 valence electrons. The summed E-state index contributed by atoms with van der Waals surface area (Å²) in [5, 5.41) is 2.67. The number of morpholine rings is 1. The van der Waals surface area contributed by atoms with Crippen molar-refractivity contribution in [1.29, 1.82) is 0 Å². The summed E-state index contributed by atoms with van der Waals surface area (Å²) in [7, 11) is -3.38. The molecule has 0 saturated carbocycles. The Hall–Kier alpha value is -1.70. The van der Waals surface area contributed by atoms with Gasteiger partial charge in [0.25, 0.3) is 0 Å². The minimum atomic E-state index is -3.38. The smallest absolute Gasteiger partial charge is 0.243 e. The summed E-state index contributed by atoms with van der Waals surface area (Å²) in [6.45, 7) is 5.29. The lowest BCUT2D eigenvalue weighted by Gasteiger charge is -2.26. The van der Waals surface area contributed by atoms with Gasteiger partial charge in [-0.25, -0.2) is 8.42 Å². The number of carbonyl (C=O) groups is 1. The van der Waals surface area contributed by atoms with Crippen molar-refractivity contribution in [2.45, 2.75) is 12.3 Å². The Bertz CT molecular complexity index is 637. The number of carbonyl (C=O) groups excluding carboxylic acids is 1. The number of hydrogen-bond donors (Lipinski definition) is 1. The van der Waals surface area contributed by atoms with E-state index in [0.717, 1.165) is 5.56 Å². The molecule has 0 aromatic heterocycles. The van der Waals surface area contributed by atoms with Gasteiger partial charge in [0.15, 0.2) is 0 Å². The summed E-state index contributed by atoms with van der Waals surface area (Å²) in [4.78, 5) is 11.3. The van der Waals surface area contributed by atoms with Crippen molar-refractivity contribution in [2.75, 3.05) is 26.3 Å². The van der Waals surface area contributed by atoms with Crippen LogP contribution in [0.2, 0.25) is 0 Å². The average molecular weight is 324 g/mol. The standard InChI is InChI=1S/C15H20N2O4S/c1-2-15(18)16-11-13-5-3-4-6-14(13)12-22(19,20)17-7-9-21-10-8-17/h2-6H,1,7-12H2,(H,16,18). The van der Waals surface area contributed by atoms with Gasteiger partial charge < -0.3 is 10.1 Å². The largest absolute Gasteiger partial charge is 0.379 e. The molecule has 7 heteroatoms. The lowest BCUT2D eigenvalue weighted by molar-refractivity contribution is -0.116. The van der Waals surface area contributed by atoms with Crippen LogP contribution in [-0.4, -0.2) is 44.9 Å². The molecule has 1 aromatic rings. The number of rotatable bonds is 6. The second-order valence-corrected chi connectivity index (χ2v) is 6.93.